The van der Waals surface area contributed by atoms with Crippen molar-refractivity contribution >= 4 is 17.2 Å². The van der Waals surface area contributed by atoms with Crippen LogP contribution in [0.25, 0.3) is 16.8 Å². The van der Waals surface area contributed by atoms with Crippen molar-refractivity contribution in [2.75, 3.05) is 12.4 Å². The van der Waals surface area contributed by atoms with Gasteiger partial charge in [-0.3, -0.25) is 4.79 Å². The number of amides is 1. The van der Waals surface area contributed by atoms with Crippen LogP contribution in [0.2, 0.25) is 0 Å². The van der Waals surface area contributed by atoms with Crippen molar-refractivity contribution in [2.45, 2.75) is 6.42 Å². The minimum Gasteiger partial charge on any atom is -0.497 e. The van der Waals surface area contributed by atoms with E-state index in [2.05, 4.69) is 15.4 Å². The van der Waals surface area contributed by atoms with E-state index in [1.54, 1.807) is 17.7 Å². The lowest BCUT2D eigenvalue weighted by molar-refractivity contribution is -0.115. The van der Waals surface area contributed by atoms with Crippen molar-refractivity contribution in [3.63, 3.8) is 0 Å². The van der Waals surface area contributed by atoms with Gasteiger partial charge in [0.25, 0.3) is 0 Å². The normalized spacial score (nSPS) is 10.7. The number of rotatable bonds is 5. The van der Waals surface area contributed by atoms with Crippen LogP contribution in [0.1, 0.15) is 5.56 Å². The Hall–Kier alpha value is -3.67. The molecule has 6 heteroatoms. The number of aromatic nitrogens is 3. The lowest BCUT2D eigenvalue weighted by atomic mass is 10.0. The molecule has 134 valence electrons. The van der Waals surface area contributed by atoms with Gasteiger partial charge in [0.05, 0.1) is 13.5 Å². The highest BCUT2D eigenvalue weighted by molar-refractivity contribution is 5.92. The number of carbonyl (C=O) groups is 1. The number of anilines is 1. The van der Waals surface area contributed by atoms with E-state index in [1.807, 2.05) is 60.8 Å². The first-order valence-corrected chi connectivity index (χ1v) is 8.54. The van der Waals surface area contributed by atoms with Gasteiger partial charge < -0.3 is 10.1 Å². The smallest absolute Gasteiger partial charge is 0.228 e. The first kappa shape index (κ1) is 16.8. The molecule has 6 nitrogen and oxygen atoms in total. The molecule has 2 heterocycles. The highest BCUT2D eigenvalue weighted by Crippen LogP contribution is 2.21. The Kier molecular flexibility index (Phi) is 4.53. The fraction of sp³-hybridized carbons (Fsp3) is 0.0952. The Bertz CT molecular complexity index is 1090. The predicted molar refractivity (Wildman–Crippen MR) is 104 cm³/mol. The molecule has 4 rings (SSSR count). The van der Waals surface area contributed by atoms with Crippen LogP contribution in [-0.2, 0) is 11.2 Å². The summed E-state index contributed by atoms with van der Waals surface area (Å²) in [5.41, 5.74) is 4.59. The van der Waals surface area contributed by atoms with E-state index in [0.717, 1.165) is 28.0 Å². The largest absolute Gasteiger partial charge is 0.497 e. The van der Waals surface area contributed by atoms with Gasteiger partial charge in [0.2, 0.25) is 5.91 Å². The van der Waals surface area contributed by atoms with E-state index in [4.69, 9.17) is 4.74 Å². The SMILES string of the molecule is COc1cccc(NC(=O)Cc2ccc(-c3ccn4ncnc4c3)cc2)c1. The van der Waals surface area contributed by atoms with Gasteiger partial charge in [-0.2, -0.15) is 5.10 Å². The van der Waals surface area contributed by atoms with Crippen molar-refractivity contribution < 1.29 is 9.53 Å². The number of hydrogen-bond acceptors (Lipinski definition) is 4. The molecule has 0 bridgehead atoms. The number of pyridine rings is 1. The second kappa shape index (κ2) is 7.29. The molecular weight excluding hydrogens is 340 g/mol. The Morgan fingerprint density at radius 1 is 1.07 bits per heavy atom. The molecule has 0 aliphatic heterocycles. The molecule has 0 saturated heterocycles. The highest BCUT2D eigenvalue weighted by atomic mass is 16.5. The van der Waals surface area contributed by atoms with E-state index in [1.165, 1.54) is 6.33 Å². The van der Waals surface area contributed by atoms with Crippen LogP contribution in [0.15, 0.2) is 73.2 Å². The number of methoxy groups -OCH3 is 1. The van der Waals surface area contributed by atoms with Crippen LogP contribution in [0.4, 0.5) is 5.69 Å². The van der Waals surface area contributed by atoms with Gasteiger partial charge in [-0.1, -0.05) is 30.3 Å². The third kappa shape index (κ3) is 3.79. The molecule has 0 fully saturated rings. The second-order valence-corrected chi connectivity index (χ2v) is 6.13. The number of carbonyl (C=O) groups excluding carboxylic acids is 1. The minimum atomic E-state index is -0.0686. The molecule has 1 amide bonds. The molecule has 4 aromatic rings. The summed E-state index contributed by atoms with van der Waals surface area (Å²) < 4.78 is 6.89. The standard InChI is InChI=1S/C21H18N4O2/c1-27-19-4-2-3-18(13-19)24-21(26)11-15-5-7-16(8-6-15)17-9-10-25-20(12-17)22-14-23-25/h2-10,12-14H,11H2,1H3,(H,24,26). The fourth-order valence-electron chi connectivity index (χ4n) is 2.90. The van der Waals surface area contributed by atoms with Crippen LogP contribution in [0.3, 0.4) is 0 Å². The van der Waals surface area contributed by atoms with E-state index >= 15 is 0 Å². The van der Waals surface area contributed by atoms with Crippen LogP contribution < -0.4 is 10.1 Å². The van der Waals surface area contributed by atoms with Gasteiger partial charge >= 0.3 is 0 Å². The number of nitrogens with one attached hydrogen (secondary N) is 1. The molecule has 2 aromatic carbocycles. The van der Waals surface area contributed by atoms with Gasteiger partial charge in [0.1, 0.15) is 12.1 Å². The topological polar surface area (TPSA) is 68.5 Å². The molecule has 0 radical (unpaired) electrons. The van der Waals surface area contributed by atoms with Crippen LogP contribution in [-0.4, -0.2) is 27.6 Å². The molecule has 0 saturated carbocycles. The maximum Gasteiger partial charge on any atom is 0.228 e. The van der Waals surface area contributed by atoms with E-state index < -0.39 is 0 Å². The lowest BCUT2D eigenvalue weighted by Gasteiger charge is -2.08. The third-order valence-electron chi connectivity index (χ3n) is 4.29. The summed E-state index contributed by atoms with van der Waals surface area (Å²) in [7, 11) is 1.60. The molecule has 1 N–H and O–H groups in total. The number of fused-ring (bicyclic) bond motifs is 1. The molecule has 27 heavy (non-hydrogen) atoms. The maximum atomic E-state index is 12.3. The van der Waals surface area contributed by atoms with Crippen LogP contribution in [0, 0.1) is 0 Å². The van der Waals surface area contributed by atoms with Crippen molar-refractivity contribution in [1.82, 2.24) is 14.6 Å². The maximum absolute atomic E-state index is 12.3. The zero-order valence-corrected chi connectivity index (χ0v) is 14.8. The minimum absolute atomic E-state index is 0.0686. The lowest BCUT2D eigenvalue weighted by Crippen LogP contribution is -2.14. The molecule has 0 unspecified atom stereocenters. The summed E-state index contributed by atoms with van der Waals surface area (Å²) in [5, 5.41) is 6.99. The quantitative estimate of drug-likeness (QED) is 0.592. The fourth-order valence-corrected chi connectivity index (χ4v) is 2.90. The third-order valence-corrected chi connectivity index (χ3v) is 4.29. The average molecular weight is 358 g/mol. The van der Waals surface area contributed by atoms with E-state index in [0.29, 0.717) is 12.2 Å². The van der Waals surface area contributed by atoms with Gasteiger partial charge in [0, 0.05) is 18.0 Å². The summed E-state index contributed by atoms with van der Waals surface area (Å²) in [6.45, 7) is 0. The summed E-state index contributed by atoms with van der Waals surface area (Å²) in [6.07, 6.45) is 3.72. The Balaban J connectivity index is 1.44. The molecule has 0 aliphatic rings. The highest BCUT2D eigenvalue weighted by Gasteiger charge is 2.06. The van der Waals surface area contributed by atoms with E-state index in [-0.39, 0.29) is 5.91 Å². The zero-order valence-electron chi connectivity index (χ0n) is 14.8. The number of ether oxygens (including phenoxy) is 1. The average Bonchev–Trinajstić information content (AvgIpc) is 3.16. The Labute approximate surface area is 156 Å². The van der Waals surface area contributed by atoms with Gasteiger partial charge in [-0.05, 0) is 41.0 Å². The van der Waals surface area contributed by atoms with Crippen molar-refractivity contribution in [1.29, 1.82) is 0 Å². The van der Waals surface area contributed by atoms with Crippen LogP contribution in [0.5, 0.6) is 5.75 Å². The number of benzene rings is 2. The first-order valence-electron chi connectivity index (χ1n) is 8.54. The monoisotopic (exact) mass is 358 g/mol. The summed E-state index contributed by atoms with van der Waals surface area (Å²) >= 11 is 0. The predicted octanol–water partition coefficient (Wildman–Crippen LogP) is 3.59. The van der Waals surface area contributed by atoms with Gasteiger partial charge in [-0.15, -0.1) is 0 Å². The zero-order chi connectivity index (χ0) is 18.6. The number of hydrogen-bond donors (Lipinski definition) is 1. The van der Waals surface area contributed by atoms with Crippen molar-refractivity contribution in [3.05, 3.63) is 78.8 Å². The molecule has 0 atom stereocenters. The van der Waals surface area contributed by atoms with Gasteiger partial charge in [0.15, 0.2) is 5.65 Å². The Morgan fingerprint density at radius 3 is 2.74 bits per heavy atom. The van der Waals surface area contributed by atoms with Gasteiger partial charge in [-0.25, -0.2) is 9.50 Å². The van der Waals surface area contributed by atoms with Crippen molar-refractivity contribution in [2.24, 2.45) is 0 Å². The molecule has 0 aliphatic carbocycles. The first-order chi connectivity index (χ1) is 13.2. The Morgan fingerprint density at radius 2 is 1.93 bits per heavy atom. The molecule has 0 spiro atoms. The molecular formula is C21H18N4O2. The van der Waals surface area contributed by atoms with E-state index in [9.17, 15) is 4.79 Å². The number of nitrogens with zero attached hydrogens (tertiary/aromatic N) is 3. The summed E-state index contributed by atoms with van der Waals surface area (Å²) in [5.74, 6) is 0.641. The summed E-state index contributed by atoms with van der Waals surface area (Å²) in [6, 6.07) is 19.2. The second-order valence-electron chi connectivity index (χ2n) is 6.13. The van der Waals surface area contributed by atoms with Crippen LogP contribution >= 0.6 is 0 Å². The van der Waals surface area contributed by atoms with Crippen molar-refractivity contribution in [3.8, 4) is 16.9 Å². The molecule has 2 aromatic heterocycles. The summed E-state index contributed by atoms with van der Waals surface area (Å²) in [4.78, 5) is 16.5.